The zero-order valence-electron chi connectivity index (χ0n) is 17.0. The topological polar surface area (TPSA) is 108 Å². The van der Waals surface area contributed by atoms with Gasteiger partial charge in [0.25, 0.3) is 5.91 Å². The lowest BCUT2D eigenvalue weighted by molar-refractivity contribution is -0.121. The van der Waals surface area contributed by atoms with E-state index in [0.717, 1.165) is 12.8 Å². The molecule has 162 valence electrons. The van der Waals surface area contributed by atoms with Gasteiger partial charge in [-0.3, -0.25) is 9.59 Å². The summed E-state index contributed by atoms with van der Waals surface area (Å²) in [5, 5.41) is 14.9. The third-order valence-corrected chi connectivity index (χ3v) is 5.83. The van der Waals surface area contributed by atoms with Crippen molar-refractivity contribution >= 4 is 17.9 Å². The molecule has 0 aromatic heterocycles. The van der Waals surface area contributed by atoms with E-state index in [4.69, 9.17) is 4.74 Å². The molecule has 3 N–H and O–H groups in total. The van der Waals surface area contributed by atoms with Gasteiger partial charge < -0.3 is 25.4 Å². The van der Waals surface area contributed by atoms with Crippen LogP contribution in [0.25, 0.3) is 0 Å². The number of fused-ring (bicyclic) bond motifs is 2. The van der Waals surface area contributed by atoms with Crippen molar-refractivity contribution in [1.82, 2.24) is 15.5 Å². The number of carbonyl (C=O) groups is 3. The number of amides is 3. The molecule has 2 bridgehead atoms. The third-order valence-electron chi connectivity index (χ3n) is 5.83. The van der Waals surface area contributed by atoms with Crippen LogP contribution in [0, 0.1) is 0 Å². The molecule has 2 fully saturated rings. The second-order valence-electron chi connectivity index (χ2n) is 7.90. The third kappa shape index (κ3) is 4.79. The molecular weight excluding hydrogens is 398 g/mol. The van der Waals surface area contributed by atoms with Gasteiger partial charge in [-0.05, 0) is 49.9 Å². The molecule has 2 aliphatic rings. The zero-order chi connectivity index (χ0) is 21.8. The predicted molar refractivity (Wildman–Crippen MR) is 113 cm³/mol. The molecule has 2 saturated heterocycles. The van der Waals surface area contributed by atoms with Crippen LogP contribution in [-0.2, 0) is 4.79 Å². The fourth-order valence-electron chi connectivity index (χ4n) is 4.50. The highest BCUT2D eigenvalue weighted by atomic mass is 16.5. The summed E-state index contributed by atoms with van der Waals surface area (Å²) in [6, 6.07) is 15.8. The number of hydrogen-bond acceptors (Lipinski definition) is 4. The zero-order valence-corrected chi connectivity index (χ0v) is 17.0. The van der Waals surface area contributed by atoms with E-state index in [9.17, 15) is 19.5 Å². The van der Waals surface area contributed by atoms with Crippen LogP contribution in [-0.4, -0.2) is 52.6 Å². The van der Waals surface area contributed by atoms with Gasteiger partial charge in [0, 0.05) is 18.1 Å². The maximum absolute atomic E-state index is 12.6. The average molecular weight is 423 g/mol. The van der Waals surface area contributed by atoms with Crippen molar-refractivity contribution in [2.24, 2.45) is 0 Å². The standard InChI is InChI=1S/C23H25N3O5/c27-21(25-15-12-16-10-11-17(13-15)26(16)23(29)30)14-24-22(28)19-8-4-5-9-20(19)31-18-6-2-1-3-7-18/h1-9,15-17H,10-14H2,(H,24,28)(H,25,27)(H,29,30)/t15?,16-,17+. The smallest absolute Gasteiger partial charge is 0.407 e. The molecule has 1 unspecified atom stereocenters. The summed E-state index contributed by atoms with van der Waals surface area (Å²) < 4.78 is 5.80. The Labute approximate surface area is 180 Å². The van der Waals surface area contributed by atoms with Gasteiger partial charge in [-0.1, -0.05) is 30.3 Å². The number of nitrogens with one attached hydrogen (secondary N) is 2. The van der Waals surface area contributed by atoms with E-state index in [-0.39, 0.29) is 30.6 Å². The van der Waals surface area contributed by atoms with Crippen molar-refractivity contribution in [2.45, 2.75) is 43.8 Å². The molecule has 8 heteroatoms. The molecule has 3 atom stereocenters. The lowest BCUT2D eigenvalue weighted by atomic mass is 9.98. The van der Waals surface area contributed by atoms with Crippen LogP contribution in [0.3, 0.4) is 0 Å². The Bertz CT molecular complexity index is 951. The average Bonchev–Trinajstić information content (AvgIpc) is 3.04. The lowest BCUT2D eigenvalue weighted by Crippen LogP contribution is -2.53. The van der Waals surface area contributed by atoms with E-state index in [1.165, 1.54) is 4.90 Å². The molecule has 31 heavy (non-hydrogen) atoms. The first-order valence-electron chi connectivity index (χ1n) is 10.4. The summed E-state index contributed by atoms with van der Waals surface area (Å²) in [7, 11) is 0. The minimum Gasteiger partial charge on any atom is -0.465 e. The monoisotopic (exact) mass is 423 g/mol. The first kappa shape index (κ1) is 20.7. The van der Waals surface area contributed by atoms with Gasteiger partial charge in [0.2, 0.25) is 5.91 Å². The molecule has 3 amide bonds. The van der Waals surface area contributed by atoms with E-state index < -0.39 is 12.0 Å². The van der Waals surface area contributed by atoms with Crippen molar-refractivity contribution in [3.8, 4) is 11.5 Å². The summed E-state index contributed by atoms with van der Waals surface area (Å²) in [5.74, 6) is 0.331. The largest absolute Gasteiger partial charge is 0.465 e. The number of hydrogen-bond donors (Lipinski definition) is 3. The van der Waals surface area contributed by atoms with Crippen LogP contribution in [0.5, 0.6) is 11.5 Å². The number of para-hydroxylation sites is 2. The summed E-state index contributed by atoms with van der Waals surface area (Å²) in [5.41, 5.74) is 0.340. The summed E-state index contributed by atoms with van der Waals surface area (Å²) in [4.78, 5) is 37.9. The van der Waals surface area contributed by atoms with E-state index in [1.807, 2.05) is 18.2 Å². The maximum Gasteiger partial charge on any atom is 0.407 e. The minimum atomic E-state index is -0.888. The molecule has 0 aliphatic carbocycles. The quantitative estimate of drug-likeness (QED) is 0.662. The Hall–Kier alpha value is -3.55. The van der Waals surface area contributed by atoms with Crippen molar-refractivity contribution in [3.05, 3.63) is 60.2 Å². The number of ether oxygens (including phenoxy) is 1. The van der Waals surface area contributed by atoms with Crippen LogP contribution in [0.1, 0.15) is 36.0 Å². The fourth-order valence-corrected chi connectivity index (χ4v) is 4.50. The van der Waals surface area contributed by atoms with Crippen LogP contribution in [0.2, 0.25) is 0 Å². The number of carboxylic acid groups (broad SMARTS) is 1. The van der Waals surface area contributed by atoms with Crippen molar-refractivity contribution in [3.63, 3.8) is 0 Å². The van der Waals surface area contributed by atoms with E-state index >= 15 is 0 Å². The summed E-state index contributed by atoms with van der Waals surface area (Å²) in [6.07, 6.45) is 1.99. The Balaban J connectivity index is 1.31. The molecule has 2 aliphatic heterocycles. The fraction of sp³-hybridized carbons (Fsp3) is 0.348. The van der Waals surface area contributed by atoms with Gasteiger partial charge in [0.15, 0.2) is 0 Å². The summed E-state index contributed by atoms with van der Waals surface area (Å²) >= 11 is 0. The number of carbonyl (C=O) groups excluding carboxylic acids is 2. The van der Waals surface area contributed by atoms with Gasteiger partial charge in [-0.25, -0.2) is 4.79 Å². The van der Waals surface area contributed by atoms with Gasteiger partial charge in [0.05, 0.1) is 12.1 Å². The van der Waals surface area contributed by atoms with Gasteiger partial charge in [-0.15, -0.1) is 0 Å². The highest BCUT2D eigenvalue weighted by molar-refractivity contribution is 5.98. The highest BCUT2D eigenvalue weighted by Gasteiger charge is 2.43. The summed E-state index contributed by atoms with van der Waals surface area (Å²) in [6.45, 7) is -0.160. The SMILES string of the molecule is O=C(CNC(=O)c1ccccc1Oc1ccccc1)NC1C[C@H]2CC[C@@H](C1)N2C(=O)O. The Kier molecular flexibility index (Phi) is 6.06. The van der Waals surface area contributed by atoms with Crippen LogP contribution >= 0.6 is 0 Å². The van der Waals surface area contributed by atoms with Crippen LogP contribution < -0.4 is 15.4 Å². The molecular formula is C23H25N3O5. The second kappa shape index (κ2) is 9.07. The second-order valence-corrected chi connectivity index (χ2v) is 7.90. The van der Waals surface area contributed by atoms with E-state index in [0.29, 0.717) is 29.9 Å². The molecule has 0 saturated carbocycles. The number of piperidine rings is 1. The first-order valence-corrected chi connectivity index (χ1v) is 10.4. The molecule has 4 rings (SSSR count). The van der Waals surface area contributed by atoms with Gasteiger partial charge >= 0.3 is 6.09 Å². The van der Waals surface area contributed by atoms with E-state index in [2.05, 4.69) is 10.6 Å². The number of rotatable bonds is 6. The minimum absolute atomic E-state index is 0.0434. The van der Waals surface area contributed by atoms with Crippen molar-refractivity contribution < 1.29 is 24.2 Å². The molecule has 0 spiro atoms. The number of benzene rings is 2. The van der Waals surface area contributed by atoms with Gasteiger partial charge in [-0.2, -0.15) is 0 Å². The van der Waals surface area contributed by atoms with Crippen LogP contribution in [0.4, 0.5) is 4.79 Å². The Morgan fingerprint density at radius 3 is 2.29 bits per heavy atom. The Morgan fingerprint density at radius 2 is 1.61 bits per heavy atom. The molecule has 2 aromatic carbocycles. The van der Waals surface area contributed by atoms with Crippen molar-refractivity contribution in [2.75, 3.05) is 6.54 Å². The Morgan fingerprint density at radius 1 is 0.968 bits per heavy atom. The molecule has 8 nitrogen and oxygen atoms in total. The van der Waals surface area contributed by atoms with E-state index in [1.54, 1.807) is 36.4 Å². The molecule has 2 heterocycles. The normalized spacial score (nSPS) is 21.9. The highest BCUT2D eigenvalue weighted by Crippen LogP contribution is 2.35. The maximum atomic E-state index is 12.6. The lowest BCUT2D eigenvalue weighted by Gasteiger charge is -2.37. The van der Waals surface area contributed by atoms with Crippen molar-refractivity contribution in [1.29, 1.82) is 0 Å². The first-order chi connectivity index (χ1) is 15.0. The molecule has 2 aromatic rings. The number of nitrogens with zero attached hydrogens (tertiary/aromatic N) is 1. The van der Waals surface area contributed by atoms with Gasteiger partial charge in [0.1, 0.15) is 11.5 Å². The predicted octanol–water partition coefficient (Wildman–Crippen LogP) is 3.00. The molecule has 0 radical (unpaired) electrons. The van der Waals surface area contributed by atoms with Crippen LogP contribution in [0.15, 0.2) is 54.6 Å².